The van der Waals surface area contributed by atoms with Crippen LogP contribution < -0.4 is 16.0 Å². The van der Waals surface area contributed by atoms with E-state index in [2.05, 4.69) is 16.0 Å². The number of hydrogen-bond acceptors (Lipinski definition) is 4. The van der Waals surface area contributed by atoms with Crippen LogP contribution in [0.25, 0.3) is 0 Å². The van der Waals surface area contributed by atoms with E-state index in [4.69, 9.17) is 5.11 Å². The van der Waals surface area contributed by atoms with Crippen LogP contribution in [0.1, 0.15) is 12.8 Å². The van der Waals surface area contributed by atoms with Gasteiger partial charge in [0.15, 0.2) is 0 Å². The molecule has 19 heavy (non-hydrogen) atoms. The molecule has 1 rings (SSSR count). The maximum atomic E-state index is 11.9. The molecule has 0 bridgehead atoms. The Balaban J connectivity index is 2.53. The van der Waals surface area contributed by atoms with Gasteiger partial charge in [-0.1, -0.05) is 0 Å². The van der Waals surface area contributed by atoms with Crippen LogP contribution in [-0.2, 0) is 9.59 Å². The fourth-order valence-corrected chi connectivity index (χ4v) is 1.89. The topological polar surface area (TPSA) is 111 Å². The zero-order valence-electron chi connectivity index (χ0n) is 10.9. The summed E-state index contributed by atoms with van der Waals surface area (Å²) in [5, 5.41) is 17.0. The summed E-state index contributed by atoms with van der Waals surface area (Å²) >= 11 is 0. The molecule has 1 aliphatic heterocycles. The van der Waals surface area contributed by atoms with Crippen LogP contribution in [-0.4, -0.2) is 67.2 Å². The minimum absolute atomic E-state index is 0.321. The fraction of sp³-hybridized carbons (Fsp3) is 0.727. The highest BCUT2D eigenvalue weighted by Gasteiger charge is 2.34. The van der Waals surface area contributed by atoms with Crippen molar-refractivity contribution in [1.29, 1.82) is 0 Å². The number of rotatable bonds is 6. The predicted molar refractivity (Wildman–Crippen MR) is 67.7 cm³/mol. The summed E-state index contributed by atoms with van der Waals surface area (Å²) in [4.78, 5) is 35.6. The number of carboxylic acids is 1. The lowest BCUT2D eigenvalue weighted by atomic mass is 10.1. The minimum Gasteiger partial charge on any atom is -0.481 e. The average Bonchev–Trinajstić information content (AvgIpc) is 2.36. The first-order valence-corrected chi connectivity index (χ1v) is 6.25. The molecule has 1 fully saturated rings. The Morgan fingerprint density at radius 1 is 1.47 bits per heavy atom. The highest BCUT2D eigenvalue weighted by molar-refractivity contribution is 5.91. The molecule has 1 atom stereocenters. The van der Waals surface area contributed by atoms with Crippen LogP contribution in [0, 0.1) is 0 Å². The van der Waals surface area contributed by atoms with Crippen LogP contribution in [0.2, 0.25) is 0 Å². The van der Waals surface area contributed by atoms with Gasteiger partial charge in [-0.25, -0.2) is 4.79 Å². The van der Waals surface area contributed by atoms with Gasteiger partial charge < -0.3 is 26.0 Å². The normalized spacial score (nSPS) is 18.9. The zero-order valence-corrected chi connectivity index (χ0v) is 10.9. The number of amides is 3. The molecule has 0 aliphatic carbocycles. The number of carboxylic acid groups (broad SMARTS) is 1. The number of hydrogen-bond donors (Lipinski definition) is 4. The van der Waals surface area contributed by atoms with E-state index in [1.165, 1.54) is 4.90 Å². The molecule has 1 heterocycles. The first-order valence-electron chi connectivity index (χ1n) is 6.25. The molecule has 0 aromatic carbocycles. The van der Waals surface area contributed by atoms with Gasteiger partial charge in [-0.3, -0.25) is 9.59 Å². The smallest absolute Gasteiger partial charge is 0.318 e. The Hall–Kier alpha value is -1.83. The molecular formula is C11H20N4O4. The first-order chi connectivity index (χ1) is 9.06. The highest BCUT2D eigenvalue weighted by atomic mass is 16.4. The second kappa shape index (κ2) is 7.57. The molecule has 0 spiro atoms. The molecule has 8 nitrogen and oxygen atoms in total. The number of aliphatic carboxylic acids is 1. The first kappa shape index (κ1) is 15.2. The van der Waals surface area contributed by atoms with E-state index in [0.717, 1.165) is 13.0 Å². The summed E-state index contributed by atoms with van der Waals surface area (Å²) in [6.07, 6.45) is 0.391. The van der Waals surface area contributed by atoms with Gasteiger partial charge in [0.1, 0.15) is 6.04 Å². The minimum atomic E-state index is -1.10. The number of nitrogens with one attached hydrogen (secondary N) is 3. The molecule has 1 aliphatic rings. The molecular weight excluding hydrogens is 252 g/mol. The monoisotopic (exact) mass is 272 g/mol. The zero-order chi connectivity index (χ0) is 14.3. The molecule has 108 valence electrons. The summed E-state index contributed by atoms with van der Waals surface area (Å²) < 4.78 is 0. The third-order valence-electron chi connectivity index (χ3n) is 2.84. The van der Waals surface area contributed by atoms with Gasteiger partial charge in [-0.05, 0) is 20.0 Å². The number of carbonyl (C=O) groups excluding carboxylic acids is 2. The van der Waals surface area contributed by atoms with E-state index < -0.39 is 23.9 Å². The summed E-state index contributed by atoms with van der Waals surface area (Å²) in [7, 11) is 1.82. The van der Waals surface area contributed by atoms with Crippen LogP contribution in [0.5, 0.6) is 0 Å². The predicted octanol–water partition coefficient (Wildman–Crippen LogP) is -1.42. The second-order valence-corrected chi connectivity index (χ2v) is 4.29. The SMILES string of the molecule is CNCCCNC(=O)N1CCNC(=O)C1CC(=O)O. The van der Waals surface area contributed by atoms with Gasteiger partial charge in [-0.15, -0.1) is 0 Å². The van der Waals surface area contributed by atoms with E-state index in [9.17, 15) is 14.4 Å². The number of urea groups is 1. The van der Waals surface area contributed by atoms with Gasteiger partial charge >= 0.3 is 12.0 Å². The van der Waals surface area contributed by atoms with Gasteiger partial charge in [0, 0.05) is 19.6 Å². The molecule has 1 unspecified atom stereocenters. The maximum Gasteiger partial charge on any atom is 0.318 e. The lowest BCUT2D eigenvalue weighted by Gasteiger charge is -2.34. The Labute approximate surface area is 111 Å². The van der Waals surface area contributed by atoms with Crippen LogP contribution in [0.4, 0.5) is 4.79 Å². The van der Waals surface area contributed by atoms with Gasteiger partial charge in [0.25, 0.3) is 0 Å². The Bertz CT molecular complexity index is 348. The van der Waals surface area contributed by atoms with Gasteiger partial charge in [0.05, 0.1) is 6.42 Å². The third kappa shape index (κ3) is 4.74. The molecule has 0 saturated carbocycles. The van der Waals surface area contributed by atoms with Crippen molar-refractivity contribution in [2.24, 2.45) is 0 Å². The van der Waals surface area contributed by atoms with Crippen molar-refractivity contribution < 1.29 is 19.5 Å². The van der Waals surface area contributed by atoms with E-state index in [1.807, 2.05) is 7.05 Å². The van der Waals surface area contributed by atoms with Gasteiger partial charge in [0.2, 0.25) is 5.91 Å². The lowest BCUT2D eigenvalue weighted by molar-refractivity contribution is -0.142. The van der Waals surface area contributed by atoms with Crippen LogP contribution in [0.3, 0.4) is 0 Å². The van der Waals surface area contributed by atoms with E-state index >= 15 is 0 Å². The Morgan fingerprint density at radius 3 is 2.84 bits per heavy atom. The van der Waals surface area contributed by atoms with Crippen molar-refractivity contribution in [2.75, 3.05) is 33.2 Å². The van der Waals surface area contributed by atoms with Crippen molar-refractivity contribution in [3.8, 4) is 0 Å². The van der Waals surface area contributed by atoms with E-state index in [1.54, 1.807) is 0 Å². The molecule has 0 aromatic heterocycles. The third-order valence-corrected chi connectivity index (χ3v) is 2.84. The Morgan fingerprint density at radius 2 is 2.21 bits per heavy atom. The second-order valence-electron chi connectivity index (χ2n) is 4.29. The molecule has 3 amide bonds. The summed E-state index contributed by atoms with van der Waals surface area (Å²) in [6.45, 7) is 1.93. The number of nitrogens with zero attached hydrogens (tertiary/aromatic N) is 1. The largest absolute Gasteiger partial charge is 0.481 e. The summed E-state index contributed by atoms with van der Waals surface area (Å²) in [6, 6.07) is -1.33. The maximum absolute atomic E-state index is 11.9. The van der Waals surface area contributed by atoms with Gasteiger partial charge in [-0.2, -0.15) is 0 Å². The average molecular weight is 272 g/mol. The molecule has 0 radical (unpaired) electrons. The molecule has 0 aromatic rings. The summed E-state index contributed by atoms with van der Waals surface area (Å²) in [5.41, 5.74) is 0. The van der Waals surface area contributed by atoms with Crippen molar-refractivity contribution >= 4 is 17.9 Å². The van der Waals surface area contributed by atoms with Crippen molar-refractivity contribution in [3.05, 3.63) is 0 Å². The van der Waals surface area contributed by atoms with Crippen molar-refractivity contribution in [2.45, 2.75) is 18.9 Å². The van der Waals surface area contributed by atoms with E-state index in [0.29, 0.717) is 19.6 Å². The number of piperazine rings is 1. The molecule has 1 saturated heterocycles. The quantitative estimate of drug-likeness (QED) is 0.444. The Kier molecular flexibility index (Phi) is 6.07. The summed E-state index contributed by atoms with van der Waals surface area (Å²) in [5.74, 6) is -1.52. The van der Waals surface area contributed by atoms with E-state index in [-0.39, 0.29) is 6.42 Å². The van der Waals surface area contributed by atoms with Crippen LogP contribution in [0.15, 0.2) is 0 Å². The fourth-order valence-electron chi connectivity index (χ4n) is 1.89. The van der Waals surface area contributed by atoms with Crippen molar-refractivity contribution in [3.63, 3.8) is 0 Å². The number of carbonyl (C=O) groups is 3. The molecule has 8 heteroatoms. The standard InChI is InChI=1S/C11H20N4O4/c1-12-3-2-4-14-11(19)15-6-5-13-10(18)8(15)7-9(16)17/h8,12H,2-7H2,1H3,(H,13,18)(H,14,19)(H,16,17). The van der Waals surface area contributed by atoms with Crippen molar-refractivity contribution in [1.82, 2.24) is 20.9 Å². The van der Waals surface area contributed by atoms with Crippen LogP contribution >= 0.6 is 0 Å². The lowest BCUT2D eigenvalue weighted by Crippen LogP contribution is -2.60. The molecule has 4 N–H and O–H groups in total. The highest BCUT2D eigenvalue weighted by Crippen LogP contribution is 2.09.